The van der Waals surface area contributed by atoms with E-state index in [9.17, 15) is 4.39 Å². The van der Waals surface area contributed by atoms with E-state index < -0.39 is 5.82 Å². The van der Waals surface area contributed by atoms with E-state index in [-0.39, 0.29) is 22.9 Å². The van der Waals surface area contributed by atoms with Gasteiger partial charge in [0.1, 0.15) is 0 Å². The summed E-state index contributed by atoms with van der Waals surface area (Å²) in [7, 11) is 2.16. The SMILES string of the molecule is Cc1cc(Nc2ncc(F)c(NC3CC(C)(C)N(C)C(C)(C)C3)n2)ccc1Br. The van der Waals surface area contributed by atoms with E-state index in [4.69, 9.17) is 0 Å². The minimum absolute atomic E-state index is 0.0129. The Kier molecular flexibility index (Phi) is 5.69. The second-order valence-electron chi connectivity index (χ2n) is 8.91. The first-order valence-corrected chi connectivity index (χ1v) is 10.3. The lowest BCUT2D eigenvalue weighted by molar-refractivity contribution is -0.00778. The van der Waals surface area contributed by atoms with E-state index in [1.54, 1.807) is 0 Å². The minimum atomic E-state index is -0.438. The number of hydrogen-bond donors (Lipinski definition) is 2. The largest absolute Gasteiger partial charge is 0.365 e. The van der Waals surface area contributed by atoms with Gasteiger partial charge < -0.3 is 10.6 Å². The number of piperidine rings is 1. The van der Waals surface area contributed by atoms with Gasteiger partial charge in [-0.25, -0.2) is 9.37 Å². The molecule has 1 fully saturated rings. The molecular weight excluding hydrogens is 421 g/mol. The fourth-order valence-corrected chi connectivity index (χ4v) is 4.29. The molecule has 0 atom stereocenters. The Hall–Kier alpha value is -1.73. The van der Waals surface area contributed by atoms with Crippen LogP contribution in [0.2, 0.25) is 0 Å². The van der Waals surface area contributed by atoms with Crippen molar-refractivity contribution in [3.05, 3.63) is 40.2 Å². The van der Waals surface area contributed by atoms with Gasteiger partial charge in [-0.3, -0.25) is 4.90 Å². The Balaban J connectivity index is 1.79. The summed E-state index contributed by atoms with van der Waals surface area (Å²) in [5.74, 6) is 0.177. The number of halogens is 2. The molecule has 2 heterocycles. The quantitative estimate of drug-likeness (QED) is 0.645. The van der Waals surface area contributed by atoms with Gasteiger partial charge in [-0.1, -0.05) is 15.9 Å². The van der Waals surface area contributed by atoms with Crippen LogP contribution >= 0.6 is 15.9 Å². The van der Waals surface area contributed by atoms with E-state index in [2.05, 4.69) is 76.2 Å². The summed E-state index contributed by atoms with van der Waals surface area (Å²) in [6, 6.07) is 6.02. The average molecular weight is 450 g/mol. The van der Waals surface area contributed by atoms with E-state index in [0.717, 1.165) is 28.6 Å². The fourth-order valence-electron chi connectivity index (χ4n) is 4.05. The predicted molar refractivity (Wildman–Crippen MR) is 117 cm³/mol. The van der Waals surface area contributed by atoms with Gasteiger partial charge in [0.25, 0.3) is 0 Å². The van der Waals surface area contributed by atoms with Gasteiger partial charge >= 0.3 is 0 Å². The highest BCUT2D eigenvalue weighted by Crippen LogP contribution is 2.38. The van der Waals surface area contributed by atoms with E-state index in [1.807, 2.05) is 25.1 Å². The topological polar surface area (TPSA) is 53.1 Å². The summed E-state index contributed by atoms with van der Waals surface area (Å²) < 4.78 is 15.4. The number of rotatable bonds is 4. The van der Waals surface area contributed by atoms with Crippen LogP contribution in [0.5, 0.6) is 0 Å². The van der Waals surface area contributed by atoms with Crippen LogP contribution in [0.3, 0.4) is 0 Å². The smallest absolute Gasteiger partial charge is 0.229 e. The zero-order valence-corrected chi connectivity index (χ0v) is 19.0. The van der Waals surface area contributed by atoms with Gasteiger partial charge in [0.2, 0.25) is 5.95 Å². The van der Waals surface area contributed by atoms with E-state index >= 15 is 0 Å². The number of likely N-dealkylation sites (tertiary alicyclic amines) is 1. The number of nitrogens with zero attached hydrogens (tertiary/aromatic N) is 3. The molecule has 5 nitrogen and oxygen atoms in total. The van der Waals surface area contributed by atoms with Crippen molar-refractivity contribution in [2.75, 3.05) is 17.7 Å². The first-order valence-electron chi connectivity index (χ1n) is 9.54. The van der Waals surface area contributed by atoms with Crippen molar-refractivity contribution >= 4 is 33.4 Å². The number of aromatic nitrogens is 2. The van der Waals surface area contributed by atoms with Crippen LogP contribution in [0.1, 0.15) is 46.1 Å². The van der Waals surface area contributed by atoms with Crippen LogP contribution < -0.4 is 10.6 Å². The van der Waals surface area contributed by atoms with Crippen molar-refractivity contribution in [2.24, 2.45) is 0 Å². The summed E-state index contributed by atoms with van der Waals surface area (Å²) in [5.41, 5.74) is 1.99. The number of anilines is 3. The molecule has 2 aromatic rings. The molecule has 0 spiro atoms. The summed E-state index contributed by atoms with van der Waals surface area (Å²) in [4.78, 5) is 10.9. The molecule has 7 heteroatoms. The minimum Gasteiger partial charge on any atom is -0.365 e. The molecule has 0 radical (unpaired) electrons. The molecular formula is C21H29BrFN5. The molecule has 2 N–H and O–H groups in total. The summed E-state index contributed by atoms with van der Waals surface area (Å²) in [5, 5.41) is 6.49. The van der Waals surface area contributed by atoms with Gasteiger partial charge in [0.15, 0.2) is 11.6 Å². The number of aryl methyl sites for hydroxylation is 1. The van der Waals surface area contributed by atoms with Crippen LogP contribution in [0.4, 0.5) is 21.8 Å². The molecule has 1 aromatic carbocycles. The molecule has 1 aliphatic rings. The molecule has 28 heavy (non-hydrogen) atoms. The normalized spacial score (nSPS) is 19.4. The van der Waals surface area contributed by atoms with Crippen molar-refractivity contribution in [3.8, 4) is 0 Å². The zero-order chi connectivity index (χ0) is 20.7. The average Bonchev–Trinajstić information content (AvgIpc) is 2.58. The molecule has 152 valence electrons. The number of benzene rings is 1. The summed E-state index contributed by atoms with van der Waals surface area (Å²) in [6.45, 7) is 10.9. The molecule has 1 aliphatic heterocycles. The van der Waals surface area contributed by atoms with Crippen LogP contribution in [-0.4, -0.2) is 39.0 Å². The van der Waals surface area contributed by atoms with Gasteiger partial charge in [-0.2, -0.15) is 4.98 Å². The van der Waals surface area contributed by atoms with Crippen molar-refractivity contribution in [3.63, 3.8) is 0 Å². The highest BCUT2D eigenvalue weighted by Gasteiger charge is 2.43. The molecule has 0 aliphatic carbocycles. The van der Waals surface area contributed by atoms with Crippen molar-refractivity contribution < 1.29 is 4.39 Å². The third kappa shape index (κ3) is 4.46. The third-order valence-electron chi connectivity index (χ3n) is 5.81. The molecule has 0 unspecified atom stereocenters. The maximum absolute atomic E-state index is 14.4. The lowest BCUT2D eigenvalue weighted by Crippen LogP contribution is -2.61. The summed E-state index contributed by atoms with van der Waals surface area (Å²) >= 11 is 3.49. The Morgan fingerprint density at radius 3 is 2.43 bits per heavy atom. The van der Waals surface area contributed by atoms with Crippen molar-refractivity contribution in [2.45, 2.75) is 64.6 Å². The second kappa shape index (κ2) is 7.59. The highest BCUT2D eigenvalue weighted by atomic mass is 79.9. The predicted octanol–water partition coefficient (Wildman–Crippen LogP) is 5.49. The van der Waals surface area contributed by atoms with E-state index in [1.165, 1.54) is 6.20 Å². The monoisotopic (exact) mass is 449 g/mol. The molecule has 0 saturated carbocycles. The first-order chi connectivity index (χ1) is 13.0. The Labute approximate surface area is 175 Å². The van der Waals surface area contributed by atoms with Gasteiger partial charge in [0.05, 0.1) is 6.20 Å². The van der Waals surface area contributed by atoms with Crippen molar-refractivity contribution in [1.82, 2.24) is 14.9 Å². The molecule has 0 amide bonds. The van der Waals surface area contributed by atoms with E-state index in [0.29, 0.717) is 5.95 Å². The Morgan fingerprint density at radius 2 is 1.82 bits per heavy atom. The maximum atomic E-state index is 14.4. The first kappa shape index (κ1) is 21.0. The standard InChI is InChI=1S/C21H29BrFN5/c1-13-9-14(7-8-16(13)22)26-19-24-12-17(23)18(27-19)25-15-10-20(2,3)28(6)21(4,5)11-15/h7-9,12,15H,10-11H2,1-6H3,(H2,24,25,26,27). The Morgan fingerprint density at radius 1 is 1.18 bits per heavy atom. The lowest BCUT2D eigenvalue weighted by Gasteiger charge is -2.53. The van der Waals surface area contributed by atoms with Crippen LogP contribution in [-0.2, 0) is 0 Å². The van der Waals surface area contributed by atoms with Crippen molar-refractivity contribution in [1.29, 1.82) is 0 Å². The summed E-state index contributed by atoms with van der Waals surface area (Å²) in [6.07, 6.45) is 3.03. The second-order valence-corrected chi connectivity index (χ2v) is 9.77. The number of nitrogens with one attached hydrogen (secondary N) is 2. The zero-order valence-electron chi connectivity index (χ0n) is 17.4. The van der Waals surface area contributed by atoms with Gasteiger partial charge in [0, 0.05) is 27.3 Å². The fraction of sp³-hybridized carbons (Fsp3) is 0.524. The van der Waals surface area contributed by atoms with Crippen LogP contribution in [0, 0.1) is 12.7 Å². The van der Waals surface area contributed by atoms with Gasteiger partial charge in [-0.05, 0) is 78.3 Å². The maximum Gasteiger partial charge on any atom is 0.229 e. The lowest BCUT2D eigenvalue weighted by atomic mass is 9.77. The highest BCUT2D eigenvalue weighted by molar-refractivity contribution is 9.10. The van der Waals surface area contributed by atoms with Crippen LogP contribution in [0.15, 0.2) is 28.9 Å². The molecule has 1 aromatic heterocycles. The third-order valence-corrected chi connectivity index (χ3v) is 6.70. The molecule has 1 saturated heterocycles. The molecule has 3 rings (SSSR count). The number of hydrogen-bond acceptors (Lipinski definition) is 5. The van der Waals surface area contributed by atoms with Crippen LogP contribution in [0.25, 0.3) is 0 Å². The van der Waals surface area contributed by atoms with Gasteiger partial charge in [-0.15, -0.1) is 0 Å². The molecule has 0 bridgehead atoms. The Bertz CT molecular complexity index is 850.